The first-order chi connectivity index (χ1) is 13.2. The number of halogens is 2. The summed E-state index contributed by atoms with van der Waals surface area (Å²) >= 11 is 13.3. The maximum Gasteiger partial charge on any atom is 0.183 e. The topological polar surface area (TPSA) is 18.5 Å². The maximum atomic E-state index is 6.64. The van der Waals surface area contributed by atoms with Crippen LogP contribution in [0.2, 0.25) is 39.3 Å². The smallest absolute Gasteiger partial charge is 0.183 e. The molecule has 2 rings (SSSR count). The van der Waals surface area contributed by atoms with E-state index in [9.17, 15) is 0 Å². The Bertz CT molecular complexity index is 686. The minimum atomic E-state index is -1.53. The van der Waals surface area contributed by atoms with Crippen LogP contribution in [0.1, 0.15) is 39.5 Å². The molecule has 0 saturated carbocycles. The summed E-state index contributed by atoms with van der Waals surface area (Å²) in [5.41, 5.74) is 5.06. The molecule has 0 radical (unpaired) electrons. The van der Waals surface area contributed by atoms with Crippen molar-refractivity contribution < 1.29 is 8.85 Å². The molecule has 0 fully saturated rings. The van der Waals surface area contributed by atoms with Crippen LogP contribution in [0.5, 0.6) is 0 Å². The molecule has 0 aromatic carbocycles. The average Bonchev–Trinajstić information content (AvgIpc) is 3.10. The lowest BCUT2D eigenvalue weighted by atomic mass is 9.72. The van der Waals surface area contributed by atoms with Gasteiger partial charge in [0.1, 0.15) is 0 Å². The predicted octanol–water partition coefficient (Wildman–Crippen LogP) is 8.14. The first-order valence-electron chi connectivity index (χ1n) is 10.7. The van der Waals surface area contributed by atoms with Crippen molar-refractivity contribution in [1.82, 2.24) is 0 Å². The van der Waals surface area contributed by atoms with Gasteiger partial charge in [-0.25, -0.2) is 0 Å². The van der Waals surface area contributed by atoms with Gasteiger partial charge < -0.3 is 8.85 Å². The van der Waals surface area contributed by atoms with Crippen LogP contribution in [0, 0.1) is 5.41 Å². The second kappa shape index (κ2) is 9.58. The van der Waals surface area contributed by atoms with Crippen LogP contribution < -0.4 is 0 Å². The minimum absolute atomic E-state index is 0.129. The Hall–Kier alpha value is -0.106. The van der Waals surface area contributed by atoms with Crippen molar-refractivity contribution in [2.24, 2.45) is 5.41 Å². The lowest BCUT2D eigenvalue weighted by molar-refractivity contribution is 0.313. The Morgan fingerprint density at radius 3 is 1.41 bits per heavy atom. The standard InChI is InChI=1S/C23H38Cl2O2Si2/c1-23(2,19-9-11-21(24)17(19)13-15-26-28(3,4)5)20-10-12-22(25)18(20)14-16-27-29(6,7)8/h9-10H,11-16H2,1-8H3. The van der Waals surface area contributed by atoms with Crippen LogP contribution in [0.25, 0.3) is 0 Å². The molecule has 0 amide bonds. The molecule has 0 spiro atoms. The van der Waals surface area contributed by atoms with Gasteiger partial charge in [0.15, 0.2) is 16.6 Å². The zero-order valence-corrected chi connectivity index (χ0v) is 23.0. The van der Waals surface area contributed by atoms with Crippen LogP contribution in [0.4, 0.5) is 0 Å². The molecule has 0 heterocycles. The van der Waals surface area contributed by atoms with Crippen LogP contribution >= 0.6 is 23.2 Å². The van der Waals surface area contributed by atoms with Crippen molar-refractivity contribution in [1.29, 1.82) is 0 Å². The van der Waals surface area contributed by atoms with Gasteiger partial charge in [-0.1, -0.05) is 49.2 Å². The fraction of sp³-hybridized carbons (Fsp3) is 0.652. The first-order valence-corrected chi connectivity index (χ1v) is 18.2. The summed E-state index contributed by atoms with van der Waals surface area (Å²) in [6.07, 6.45) is 7.99. The summed E-state index contributed by atoms with van der Waals surface area (Å²) in [4.78, 5) is 0. The molecule has 0 unspecified atom stereocenters. The van der Waals surface area contributed by atoms with E-state index in [0.29, 0.717) is 0 Å². The van der Waals surface area contributed by atoms with Crippen molar-refractivity contribution in [3.8, 4) is 0 Å². The highest BCUT2D eigenvalue weighted by Gasteiger charge is 2.37. The quantitative estimate of drug-likeness (QED) is 0.298. The number of rotatable bonds is 10. The van der Waals surface area contributed by atoms with Gasteiger partial charge in [-0.2, -0.15) is 0 Å². The molecule has 164 valence electrons. The van der Waals surface area contributed by atoms with Gasteiger partial charge in [0, 0.05) is 41.5 Å². The van der Waals surface area contributed by atoms with E-state index in [1.807, 2.05) is 0 Å². The zero-order chi connectivity index (χ0) is 22.0. The molecule has 0 N–H and O–H groups in total. The third-order valence-corrected chi connectivity index (χ3v) is 8.30. The summed E-state index contributed by atoms with van der Waals surface area (Å²) in [7, 11) is -3.05. The molecule has 2 aliphatic carbocycles. The molecule has 2 nitrogen and oxygen atoms in total. The molecular weight excluding hydrogens is 435 g/mol. The van der Waals surface area contributed by atoms with E-state index in [0.717, 1.165) is 49.0 Å². The van der Waals surface area contributed by atoms with Gasteiger partial charge in [0.25, 0.3) is 0 Å². The van der Waals surface area contributed by atoms with Crippen molar-refractivity contribution in [2.75, 3.05) is 13.2 Å². The predicted molar refractivity (Wildman–Crippen MR) is 133 cm³/mol. The molecule has 0 saturated heterocycles. The van der Waals surface area contributed by atoms with Gasteiger partial charge in [0.2, 0.25) is 0 Å². The second-order valence-electron chi connectivity index (χ2n) is 10.5. The Balaban J connectivity index is 2.16. The van der Waals surface area contributed by atoms with Gasteiger partial charge >= 0.3 is 0 Å². The number of hydrogen-bond acceptors (Lipinski definition) is 2. The van der Waals surface area contributed by atoms with Crippen LogP contribution in [-0.2, 0) is 8.85 Å². The van der Waals surface area contributed by atoms with E-state index >= 15 is 0 Å². The molecule has 0 aliphatic heterocycles. The van der Waals surface area contributed by atoms with Gasteiger partial charge in [-0.15, -0.1) is 0 Å². The van der Waals surface area contributed by atoms with E-state index in [-0.39, 0.29) is 5.41 Å². The van der Waals surface area contributed by atoms with Gasteiger partial charge in [-0.3, -0.25) is 0 Å². The largest absolute Gasteiger partial charge is 0.417 e. The highest BCUT2D eigenvalue weighted by atomic mass is 35.5. The summed E-state index contributed by atoms with van der Waals surface area (Å²) in [6, 6.07) is 0. The third-order valence-electron chi connectivity index (χ3n) is 5.40. The molecular formula is C23H38Cl2O2Si2. The lowest BCUT2D eigenvalue weighted by Gasteiger charge is -2.33. The fourth-order valence-electron chi connectivity index (χ4n) is 4.04. The fourth-order valence-corrected chi connectivity index (χ4v) is 6.01. The monoisotopic (exact) mass is 472 g/mol. The summed E-state index contributed by atoms with van der Waals surface area (Å²) in [5, 5.41) is 1.93. The highest BCUT2D eigenvalue weighted by Crippen LogP contribution is 2.51. The molecule has 6 heteroatoms. The molecule has 2 aliphatic rings. The van der Waals surface area contributed by atoms with Crippen LogP contribution in [-0.4, -0.2) is 29.8 Å². The Morgan fingerprint density at radius 1 is 0.759 bits per heavy atom. The molecule has 0 bridgehead atoms. The number of hydrogen-bond donors (Lipinski definition) is 0. The van der Waals surface area contributed by atoms with E-state index in [4.69, 9.17) is 32.1 Å². The van der Waals surface area contributed by atoms with Crippen molar-refractivity contribution in [3.05, 3.63) is 44.5 Å². The lowest BCUT2D eigenvalue weighted by Crippen LogP contribution is -2.27. The second-order valence-corrected chi connectivity index (χ2v) is 20.4. The van der Waals surface area contributed by atoms with Crippen molar-refractivity contribution in [3.63, 3.8) is 0 Å². The average molecular weight is 474 g/mol. The molecule has 0 aromatic rings. The SMILES string of the molecule is CC(C)(C1=CCC(Cl)=C1CCO[Si](C)(C)C)C1=CCC(Cl)=C1CCO[Si](C)(C)C. The van der Waals surface area contributed by atoms with Crippen molar-refractivity contribution >= 4 is 39.8 Å². The Morgan fingerprint density at radius 2 is 1.10 bits per heavy atom. The van der Waals surface area contributed by atoms with E-state index < -0.39 is 16.6 Å². The van der Waals surface area contributed by atoms with E-state index in [2.05, 4.69) is 65.3 Å². The van der Waals surface area contributed by atoms with E-state index in [1.165, 1.54) is 22.3 Å². The van der Waals surface area contributed by atoms with Crippen LogP contribution in [0.3, 0.4) is 0 Å². The summed E-state index contributed by atoms with van der Waals surface area (Å²) in [6.45, 7) is 19.4. The zero-order valence-electron chi connectivity index (χ0n) is 19.5. The molecule has 0 atom stereocenters. The Labute approximate surface area is 190 Å². The third kappa shape index (κ3) is 6.94. The van der Waals surface area contributed by atoms with Gasteiger partial charge in [-0.05, 0) is 74.4 Å². The maximum absolute atomic E-state index is 6.64. The highest BCUT2D eigenvalue weighted by molar-refractivity contribution is 6.70. The number of allylic oxidation sites excluding steroid dienone is 6. The molecule has 0 aromatic heterocycles. The van der Waals surface area contributed by atoms with E-state index in [1.54, 1.807) is 0 Å². The minimum Gasteiger partial charge on any atom is -0.417 e. The normalized spacial score (nSPS) is 18.7. The Kier molecular flexibility index (Phi) is 8.31. The summed E-state index contributed by atoms with van der Waals surface area (Å²) < 4.78 is 12.2. The van der Waals surface area contributed by atoms with Crippen molar-refractivity contribution in [2.45, 2.75) is 78.8 Å². The molecule has 29 heavy (non-hydrogen) atoms. The van der Waals surface area contributed by atoms with Crippen LogP contribution in [0.15, 0.2) is 44.5 Å². The first kappa shape index (κ1) is 25.2. The van der Waals surface area contributed by atoms with Gasteiger partial charge in [0.05, 0.1) is 0 Å². The summed E-state index contributed by atoms with van der Waals surface area (Å²) in [5.74, 6) is 0.